The molecule has 366 valence electrons. The van der Waals surface area contributed by atoms with Crippen LogP contribution in [0.5, 0.6) is 0 Å². The molecule has 0 atom stereocenters. The SMILES string of the molecule is Cc1ccccc1-c1ccc2c(c1)c1cc(-c3ccccc3C)ccc1n2-c1cc(-c2cccc(-c3ccccc3)n2)cc(-n2c3ccc(-c4ccccc4C)cc3c3cc(-c4ccccc4C)ccc32)c1C(F)(F)F. The fourth-order valence-corrected chi connectivity index (χ4v) is 11.6. The molecule has 0 spiro atoms. The van der Waals surface area contributed by atoms with Gasteiger partial charge in [-0.15, -0.1) is 0 Å². The quantitative estimate of drug-likeness (QED) is 0.149. The van der Waals surface area contributed by atoms with E-state index in [1.807, 2.05) is 155 Å². The van der Waals surface area contributed by atoms with Crippen molar-refractivity contribution in [2.75, 3.05) is 0 Å². The summed E-state index contributed by atoms with van der Waals surface area (Å²) < 4.78 is 55.2. The fourth-order valence-electron chi connectivity index (χ4n) is 11.6. The van der Waals surface area contributed by atoms with E-state index in [0.29, 0.717) is 33.3 Å². The standard InChI is InChI=1S/C70H50F3N3/c1-43-17-8-12-23-53(43)48-29-33-63-57(37-48)58-38-49(54-24-13-9-18-44(54)2)30-34-64(58)75(63)67-41-52(62-28-16-27-61(74-62)47-21-6-5-7-22-47)42-68(69(67)70(71,72)73)76-65-35-31-50(55-25-14-10-19-45(55)3)39-59(65)60-40-51(32-36-66(60)76)56-26-15-11-20-46(56)4/h5-42H,1-4H3. The molecule has 0 N–H and O–H groups in total. The maximum absolute atomic E-state index is 17.2. The van der Waals surface area contributed by atoms with Gasteiger partial charge in [0.25, 0.3) is 0 Å². The summed E-state index contributed by atoms with van der Waals surface area (Å²) in [4.78, 5) is 5.21. The molecule has 0 amide bonds. The van der Waals surface area contributed by atoms with Crippen molar-refractivity contribution >= 4 is 43.6 Å². The summed E-state index contributed by atoms with van der Waals surface area (Å²) >= 11 is 0. The first-order valence-corrected chi connectivity index (χ1v) is 25.7. The minimum absolute atomic E-state index is 0.00209. The highest BCUT2D eigenvalue weighted by Gasteiger charge is 2.40. The third-order valence-corrected chi connectivity index (χ3v) is 15.3. The van der Waals surface area contributed by atoms with Gasteiger partial charge < -0.3 is 9.13 Å². The highest BCUT2D eigenvalue weighted by Crippen LogP contribution is 2.48. The van der Waals surface area contributed by atoms with Crippen molar-refractivity contribution in [1.82, 2.24) is 14.1 Å². The number of hydrogen-bond acceptors (Lipinski definition) is 1. The molecule has 0 aliphatic carbocycles. The van der Waals surface area contributed by atoms with Crippen LogP contribution in [0.4, 0.5) is 13.2 Å². The van der Waals surface area contributed by atoms with Gasteiger partial charge in [0.15, 0.2) is 0 Å². The van der Waals surface area contributed by atoms with Gasteiger partial charge in [-0.1, -0.05) is 158 Å². The molecule has 0 saturated heterocycles. The summed E-state index contributed by atoms with van der Waals surface area (Å²) in [6.07, 6.45) is -4.85. The summed E-state index contributed by atoms with van der Waals surface area (Å²) in [6.45, 7) is 8.35. The van der Waals surface area contributed by atoms with Crippen molar-refractivity contribution in [3.05, 3.63) is 258 Å². The Morgan fingerprint density at radius 1 is 0.303 bits per heavy atom. The van der Waals surface area contributed by atoms with Gasteiger partial charge in [0, 0.05) is 32.7 Å². The molecule has 0 aliphatic heterocycles. The molecule has 0 aliphatic rings. The van der Waals surface area contributed by atoms with Crippen LogP contribution in [0.1, 0.15) is 27.8 Å². The molecule has 0 fully saturated rings. The summed E-state index contributed by atoms with van der Waals surface area (Å²) in [7, 11) is 0. The molecule has 3 aromatic heterocycles. The molecular weight excluding hydrogens is 940 g/mol. The van der Waals surface area contributed by atoms with E-state index >= 15 is 13.2 Å². The van der Waals surface area contributed by atoms with Gasteiger partial charge in [0.05, 0.1) is 44.8 Å². The zero-order chi connectivity index (χ0) is 51.8. The second-order valence-corrected chi connectivity index (χ2v) is 20.0. The highest BCUT2D eigenvalue weighted by molar-refractivity contribution is 6.14. The average Bonchev–Trinajstić information content (AvgIpc) is 4.11. The molecule has 10 aromatic carbocycles. The van der Waals surface area contributed by atoms with E-state index in [2.05, 4.69) is 100 Å². The maximum Gasteiger partial charge on any atom is 0.420 e. The molecule has 0 radical (unpaired) electrons. The second-order valence-electron chi connectivity index (χ2n) is 20.0. The van der Waals surface area contributed by atoms with Crippen molar-refractivity contribution in [2.24, 2.45) is 0 Å². The van der Waals surface area contributed by atoms with E-state index in [1.165, 1.54) is 0 Å². The molecule has 0 unspecified atom stereocenters. The molecule has 3 nitrogen and oxygen atoms in total. The second kappa shape index (κ2) is 18.3. The van der Waals surface area contributed by atoms with E-state index in [9.17, 15) is 0 Å². The lowest BCUT2D eigenvalue weighted by Crippen LogP contribution is -2.16. The molecule has 13 rings (SSSR count). The van der Waals surface area contributed by atoms with Gasteiger partial charge in [0.2, 0.25) is 0 Å². The summed E-state index contributed by atoms with van der Waals surface area (Å²) in [5.74, 6) is 0. The van der Waals surface area contributed by atoms with Gasteiger partial charge in [0.1, 0.15) is 5.56 Å². The summed E-state index contributed by atoms with van der Waals surface area (Å²) in [5, 5.41) is 3.39. The normalized spacial score (nSPS) is 11.9. The van der Waals surface area contributed by atoms with Gasteiger partial charge in [-0.05, 0) is 167 Å². The van der Waals surface area contributed by atoms with Crippen LogP contribution in [-0.4, -0.2) is 14.1 Å². The Morgan fingerprint density at radius 2 is 0.618 bits per heavy atom. The van der Waals surface area contributed by atoms with Gasteiger partial charge in [-0.3, -0.25) is 0 Å². The number of nitrogens with zero attached hydrogens (tertiary/aromatic N) is 3. The van der Waals surface area contributed by atoms with Crippen LogP contribution < -0.4 is 0 Å². The van der Waals surface area contributed by atoms with E-state index in [4.69, 9.17) is 4.98 Å². The number of aromatic nitrogens is 3. The Morgan fingerprint density at radius 3 is 0.947 bits per heavy atom. The predicted molar refractivity (Wildman–Crippen MR) is 309 cm³/mol. The maximum atomic E-state index is 17.2. The molecule has 0 bridgehead atoms. The van der Waals surface area contributed by atoms with Crippen LogP contribution in [0.15, 0.2) is 231 Å². The van der Waals surface area contributed by atoms with Crippen molar-refractivity contribution in [3.63, 3.8) is 0 Å². The van der Waals surface area contributed by atoms with Gasteiger partial charge in [-0.2, -0.15) is 13.2 Å². The lowest BCUT2D eigenvalue weighted by molar-refractivity contribution is -0.137. The largest absolute Gasteiger partial charge is 0.420 e. The van der Waals surface area contributed by atoms with Crippen LogP contribution in [0, 0.1) is 27.7 Å². The Balaban J connectivity index is 1.16. The predicted octanol–water partition coefficient (Wildman–Crippen LogP) is 19.5. The molecule has 13 aromatic rings. The minimum Gasteiger partial charge on any atom is -0.309 e. The Kier molecular flexibility index (Phi) is 11.2. The molecule has 0 saturated carbocycles. The zero-order valence-electron chi connectivity index (χ0n) is 42.4. The third-order valence-electron chi connectivity index (χ3n) is 15.3. The fraction of sp³-hybridized carbons (Fsp3) is 0.0714. The molecule has 76 heavy (non-hydrogen) atoms. The molecule has 6 heteroatoms. The number of hydrogen-bond donors (Lipinski definition) is 0. The first-order chi connectivity index (χ1) is 37.0. The Hall–Kier alpha value is -9.26. The van der Waals surface area contributed by atoms with Crippen LogP contribution in [0.2, 0.25) is 0 Å². The van der Waals surface area contributed by atoms with Gasteiger partial charge >= 0.3 is 6.18 Å². The average molecular weight is 990 g/mol. The van der Waals surface area contributed by atoms with Crippen molar-refractivity contribution in [3.8, 4) is 78.4 Å². The number of fused-ring (bicyclic) bond motifs is 6. The minimum atomic E-state index is -4.85. The smallest absolute Gasteiger partial charge is 0.309 e. The number of alkyl halides is 3. The highest BCUT2D eigenvalue weighted by atomic mass is 19.4. The number of halogens is 3. The van der Waals surface area contributed by atoms with Crippen LogP contribution in [-0.2, 0) is 6.18 Å². The lowest BCUT2D eigenvalue weighted by Gasteiger charge is -2.23. The summed E-state index contributed by atoms with van der Waals surface area (Å²) in [5.41, 5.74) is 17.2. The molecular formula is C70H50F3N3. The number of pyridine rings is 1. The van der Waals surface area contributed by atoms with E-state index < -0.39 is 11.7 Å². The number of benzene rings is 10. The van der Waals surface area contributed by atoms with Crippen molar-refractivity contribution < 1.29 is 13.2 Å². The van der Waals surface area contributed by atoms with Crippen LogP contribution in [0.25, 0.3) is 122 Å². The zero-order valence-corrected chi connectivity index (χ0v) is 42.4. The van der Waals surface area contributed by atoms with Crippen LogP contribution >= 0.6 is 0 Å². The first kappa shape index (κ1) is 46.5. The topological polar surface area (TPSA) is 22.8 Å². The van der Waals surface area contributed by atoms with Crippen molar-refractivity contribution in [1.29, 1.82) is 0 Å². The summed E-state index contributed by atoms with van der Waals surface area (Å²) in [6, 6.07) is 76.7. The van der Waals surface area contributed by atoms with E-state index in [-0.39, 0.29) is 11.4 Å². The lowest BCUT2D eigenvalue weighted by atomic mass is 9.97. The number of aryl methyl sites for hydroxylation is 4. The van der Waals surface area contributed by atoms with E-state index in [1.54, 1.807) is 12.1 Å². The van der Waals surface area contributed by atoms with Crippen LogP contribution in [0.3, 0.4) is 0 Å². The van der Waals surface area contributed by atoms with Crippen molar-refractivity contribution in [2.45, 2.75) is 33.9 Å². The Labute approximate surface area is 439 Å². The Bertz CT molecular complexity index is 4000. The van der Waals surface area contributed by atoms with Gasteiger partial charge in [-0.25, -0.2) is 4.98 Å². The molecule has 3 heterocycles. The van der Waals surface area contributed by atoms with E-state index in [0.717, 1.165) is 99.6 Å². The first-order valence-electron chi connectivity index (χ1n) is 25.7. The number of rotatable bonds is 8. The third kappa shape index (κ3) is 7.88. The monoisotopic (exact) mass is 989 g/mol.